The van der Waals surface area contributed by atoms with Gasteiger partial charge in [-0.15, -0.1) is 0 Å². The second-order valence-corrected chi connectivity index (χ2v) is 2.82. The van der Waals surface area contributed by atoms with Gasteiger partial charge in [0.05, 0.1) is 10.6 Å². The minimum absolute atomic E-state index is 0.0747. The lowest BCUT2D eigenvalue weighted by Gasteiger charge is -2.00. The van der Waals surface area contributed by atoms with E-state index in [0.29, 0.717) is 10.6 Å². The molecule has 0 saturated carbocycles. The highest BCUT2D eigenvalue weighted by Crippen LogP contribution is 2.33. The molecule has 0 fully saturated rings. The maximum Gasteiger partial charge on any atom is 0.139 e. The molecule has 1 aromatic rings. The Morgan fingerprint density at radius 3 is 2.70 bits per heavy atom. The lowest BCUT2D eigenvalue weighted by atomic mass is 10.3. The number of aromatic hydroxyl groups is 1. The minimum Gasteiger partial charge on any atom is -0.506 e. The Morgan fingerprint density at radius 1 is 1.50 bits per heavy atom. The van der Waals surface area contributed by atoms with Gasteiger partial charge in [-0.2, -0.15) is 0 Å². The van der Waals surface area contributed by atoms with Crippen molar-refractivity contribution in [3.05, 3.63) is 18.2 Å². The van der Waals surface area contributed by atoms with Gasteiger partial charge in [-0.25, -0.2) is 0 Å². The second-order valence-electron chi connectivity index (χ2n) is 1.77. The fraction of sp³-hybridized carbons (Fsp3) is 0. The standard InChI is InChI=1S/C6H6ClNOS/c7-10-5-3-1-2-4(9)6(5)8/h1-3,9H,8H2. The third kappa shape index (κ3) is 1.30. The van der Waals surface area contributed by atoms with Crippen LogP contribution in [0.1, 0.15) is 0 Å². The molecule has 0 atom stereocenters. The van der Waals surface area contributed by atoms with E-state index in [2.05, 4.69) is 0 Å². The zero-order chi connectivity index (χ0) is 7.56. The lowest BCUT2D eigenvalue weighted by molar-refractivity contribution is 0.477. The van der Waals surface area contributed by atoms with Crippen molar-refractivity contribution in [1.29, 1.82) is 0 Å². The van der Waals surface area contributed by atoms with E-state index in [-0.39, 0.29) is 5.75 Å². The molecule has 2 nitrogen and oxygen atoms in total. The zero-order valence-electron chi connectivity index (χ0n) is 5.04. The Kier molecular flexibility index (Phi) is 2.29. The summed E-state index contributed by atoms with van der Waals surface area (Å²) in [4.78, 5) is 0.682. The maximum absolute atomic E-state index is 9.03. The molecular formula is C6H6ClNOS. The number of hydrogen-bond acceptors (Lipinski definition) is 3. The van der Waals surface area contributed by atoms with Crippen LogP contribution in [0.4, 0.5) is 5.69 Å². The van der Waals surface area contributed by atoms with E-state index in [1.165, 1.54) is 6.07 Å². The van der Waals surface area contributed by atoms with Gasteiger partial charge in [0.2, 0.25) is 0 Å². The van der Waals surface area contributed by atoms with Gasteiger partial charge < -0.3 is 10.8 Å². The summed E-state index contributed by atoms with van der Waals surface area (Å²) in [6.45, 7) is 0. The average molecular weight is 176 g/mol. The number of anilines is 1. The number of phenols is 1. The van der Waals surface area contributed by atoms with Gasteiger partial charge in [-0.3, -0.25) is 0 Å². The highest BCUT2D eigenvalue weighted by Gasteiger charge is 2.01. The van der Waals surface area contributed by atoms with Crippen LogP contribution in [0.3, 0.4) is 0 Å². The summed E-state index contributed by atoms with van der Waals surface area (Å²) in [5.41, 5.74) is 5.77. The average Bonchev–Trinajstić information content (AvgIpc) is 1.95. The molecule has 0 aliphatic heterocycles. The fourth-order valence-corrected chi connectivity index (χ4v) is 1.32. The van der Waals surface area contributed by atoms with Gasteiger partial charge in [0, 0.05) is 0 Å². The summed E-state index contributed by atoms with van der Waals surface area (Å²) < 4.78 is 0. The molecule has 0 spiro atoms. The number of rotatable bonds is 1. The number of benzene rings is 1. The molecule has 0 saturated heterocycles. The first-order chi connectivity index (χ1) is 4.75. The van der Waals surface area contributed by atoms with Crippen molar-refractivity contribution in [3.63, 3.8) is 0 Å². The smallest absolute Gasteiger partial charge is 0.139 e. The Balaban J connectivity index is 3.14. The number of phenolic OH excluding ortho intramolecular Hbond substituents is 1. The van der Waals surface area contributed by atoms with Crippen molar-refractivity contribution < 1.29 is 5.11 Å². The summed E-state index contributed by atoms with van der Waals surface area (Å²) in [5, 5.41) is 9.03. The largest absolute Gasteiger partial charge is 0.506 e. The molecule has 1 rings (SSSR count). The molecule has 54 valence electrons. The Labute approximate surface area is 67.5 Å². The first-order valence-corrected chi connectivity index (χ1v) is 4.26. The number of nitrogens with two attached hydrogens (primary N) is 1. The van der Waals surface area contributed by atoms with Crippen molar-refractivity contribution in [1.82, 2.24) is 0 Å². The molecule has 0 aromatic heterocycles. The Morgan fingerprint density at radius 2 is 2.20 bits per heavy atom. The van der Waals surface area contributed by atoms with E-state index < -0.39 is 0 Å². The molecule has 0 unspecified atom stereocenters. The number of hydrogen-bond donors (Lipinski definition) is 2. The number of para-hydroxylation sites is 1. The van der Waals surface area contributed by atoms with E-state index in [1.54, 1.807) is 12.1 Å². The van der Waals surface area contributed by atoms with Crippen LogP contribution in [0.15, 0.2) is 23.1 Å². The van der Waals surface area contributed by atoms with E-state index in [0.717, 1.165) is 11.0 Å². The zero-order valence-corrected chi connectivity index (χ0v) is 6.62. The van der Waals surface area contributed by atoms with E-state index in [9.17, 15) is 0 Å². The topological polar surface area (TPSA) is 46.2 Å². The van der Waals surface area contributed by atoms with Gasteiger partial charge in [-0.1, -0.05) is 6.07 Å². The van der Waals surface area contributed by atoms with Crippen LogP contribution >= 0.6 is 21.7 Å². The van der Waals surface area contributed by atoms with Crippen LogP contribution in [0.25, 0.3) is 0 Å². The van der Waals surface area contributed by atoms with Gasteiger partial charge in [0.25, 0.3) is 0 Å². The van der Waals surface area contributed by atoms with Crippen LogP contribution in [0, 0.1) is 0 Å². The summed E-state index contributed by atoms with van der Waals surface area (Å²) in [7, 11) is 6.43. The Bertz CT molecular complexity index is 241. The molecule has 3 N–H and O–H groups in total. The van der Waals surface area contributed by atoms with Gasteiger partial charge >= 0.3 is 0 Å². The summed E-state index contributed by atoms with van der Waals surface area (Å²) in [5.74, 6) is 0.0747. The third-order valence-corrected chi connectivity index (χ3v) is 2.15. The highest BCUT2D eigenvalue weighted by molar-refractivity contribution is 8.21. The van der Waals surface area contributed by atoms with Gasteiger partial charge in [0.15, 0.2) is 0 Å². The number of nitrogen functional groups attached to an aromatic ring is 1. The van der Waals surface area contributed by atoms with E-state index in [4.69, 9.17) is 21.5 Å². The normalized spacial score (nSPS) is 9.70. The molecule has 1 aromatic carbocycles. The van der Waals surface area contributed by atoms with Crippen LogP contribution in [0.2, 0.25) is 0 Å². The van der Waals surface area contributed by atoms with Crippen molar-refractivity contribution >= 4 is 27.3 Å². The molecule has 0 aliphatic rings. The van der Waals surface area contributed by atoms with Crippen molar-refractivity contribution in [2.45, 2.75) is 4.90 Å². The van der Waals surface area contributed by atoms with Gasteiger partial charge in [0.1, 0.15) is 5.75 Å². The first-order valence-electron chi connectivity index (χ1n) is 2.61. The Hall–Kier alpha value is -0.540. The molecule has 0 radical (unpaired) electrons. The first kappa shape index (κ1) is 7.57. The summed E-state index contributed by atoms with van der Waals surface area (Å²) in [6.07, 6.45) is 0. The fourth-order valence-electron chi connectivity index (χ4n) is 0.600. The van der Waals surface area contributed by atoms with Crippen molar-refractivity contribution in [3.8, 4) is 5.75 Å². The number of halogens is 1. The van der Waals surface area contributed by atoms with Crippen LogP contribution in [0.5, 0.6) is 5.75 Å². The molecule has 4 heteroatoms. The molecule has 0 aliphatic carbocycles. The van der Waals surface area contributed by atoms with E-state index >= 15 is 0 Å². The van der Waals surface area contributed by atoms with Gasteiger partial charge in [-0.05, 0) is 33.8 Å². The van der Waals surface area contributed by atoms with Crippen LogP contribution in [-0.2, 0) is 0 Å². The molecule has 0 bridgehead atoms. The highest BCUT2D eigenvalue weighted by atomic mass is 35.7. The predicted octanol–water partition coefficient (Wildman–Crippen LogP) is 2.22. The minimum atomic E-state index is 0.0747. The molecule has 0 amide bonds. The molecular weight excluding hydrogens is 170 g/mol. The van der Waals surface area contributed by atoms with Crippen LogP contribution in [-0.4, -0.2) is 5.11 Å². The van der Waals surface area contributed by atoms with Crippen molar-refractivity contribution in [2.24, 2.45) is 0 Å². The maximum atomic E-state index is 9.03. The molecule has 10 heavy (non-hydrogen) atoms. The third-order valence-electron chi connectivity index (χ3n) is 1.13. The molecule has 0 heterocycles. The monoisotopic (exact) mass is 175 g/mol. The summed E-state index contributed by atoms with van der Waals surface area (Å²) >= 11 is 0. The quantitative estimate of drug-likeness (QED) is 0.508. The van der Waals surface area contributed by atoms with E-state index in [1.807, 2.05) is 0 Å². The second kappa shape index (κ2) is 3.03. The van der Waals surface area contributed by atoms with Crippen molar-refractivity contribution in [2.75, 3.05) is 5.73 Å². The summed E-state index contributed by atoms with van der Waals surface area (Å²) in [6, 6.07) is 4.95. The van der Waals surface area contributed by atoms with Crippen LogP contribution < -0.4 is 5.73 Å². The SMILES string of the molecule is Nc1c(O)cccc1SCl. The lowest BCUT2D eigenvalue weighted by Crippen LogP contribution is -1.86. The predicted molar refractivity (Wildman–Crippen MR) is 44.2 cm³/mol.